The zero-order chi connectivity index (χ0) is 29.1. The smallest absolute Gasteiger partial charge is 0.259 e. The Morgan fingerprint density at radius 2 is 1.90 bits per heavy atom. The van der Waals surface area contributed by atoms with Crippen molar-refractivity contribution in [2.45, 2.75) is 83.5 Å². The fourth-order valence-corrected chi connectivity index (χ4v) is 5.78. The van der Waals surface area contributed by atoms with Crippen LogP contribution in [0.25, 0.3) is 16.9 Å². The molecule has 0 radical (unpaired) electrons. The van der Waals surface area contributed by atoms with E-state index in [0.717, 1.165) is 37.8 Å². The van der Waals surface area contributed by atoms with Crippen molar-refractivity contribution in [1.29, 1.82) is 5.26 Å². The SMILES string of the molecule is CCCc1c(Cc2ccc(-c3ccccc3C#N)c(F)c2)c(=O)n(C2CCC(OCC(C)(C)O)CC2)c2ncnn12. The van der Waals surface area contributed by atoms with Gasteiger partial charge in [0.1, 0.15) is 12.1 Å². The molecule has 2 heterocycles. The molecule has 0 saturated heterocycles. The maximum absolute atomic E-state index is 15.4. The van der Waals surface area contributed by atoms with Crippen LogP contribution in [-0.4, -0.2) is 42.6 Å². The fourth-order valence-electron chi connectivity index (χ4n) is 5.78. The van der Waals surface area contributed by atoms with Crippen molar-refractivity contribution in [3.8, 4) is 17.2 Å². The summed E-state index contributed by atoms with van der Waals surface area (Å²) in [4.78, 5) is 18.6. The van der Waals surface area contributed by atoms with Crippen LogP contribution < -0.4 is 5.56 Å². The molecule has 2 aromatic heterocycles. The van der Waals surface area contributed by atoms with Crippen LogP contribution in [0.1, 0.15) is 81.3 Å². The van der Waals surface area contributed by atoms with Gasteiger partial charge in [0.15, 0.2) is 0 Å². The molecular weight excluding hydrogens is 521 g/mol. The highest BCUT2D eigenvalue weighted by atomic mass is 19.1. The Labute approximate surface area is 239 Å². The van der Waals surface area contributed by atoms with Gasteiger partial charge >= 0.3 is 0 Å². The Kier molecular flexibility index (Phi) is 8.34. The van der Waals surface area contributed by atoms with E-state index < -0.39 is 11.4 Å². The summed E-state index contributed by atoms with van der Waals surface area (Å²) in [7, 11) is 0. The lowest BCUT2D eigenvalue weighted by Gasteiger charge is -2.32. The van der Waals surface area contributed by atoms with Crippen molar-refractivity contribution >= 4 is 5.78 Å². The van der Waals surface area contributed by atoms with Gasteiger partial charge in [-0.15, -0.1) is 0 Å². The molecule has 1 aliphatic rings. The van der Waals surface area contributed by atoms with Gasteiger partial charge in [-0.25, -0.2) is 8.91 Å². The van der Waals surface area contributed by atoms with Gasteiger partial charge in [-0.2, -0.15) is 15.3 Å². The first kappa shape index (κ1) is 28.7. The number of rotatable bonds is 9. The third-order valence-corrected chi connectivity index (χ3v) is 7.75. The van der Waals surface area contributed by atoms with Gasteiger partial charge in [0, 0.05) is 29.2 Å². The number of nitriles is 1. The Bertz CT molecular complexity index is 1640. The molecule has 0 bridgehead atoms. The number of fused-ring (bicyclic) bond motifs is 1. The molecule has 5 rings (SSSR count). The Morgan fingerprint density at radius 1 is 1.15 bits per heavy atom. The maximum atomic E-state index is 15.4. The minimum absolute atomic E-state index is 0.0359. The monoisotopic (exact) mass is 557 g/mol. The van der Waals surface area contributed by atoms with E-state index in [1.165, 1.54) is 12.4 Å². The molecule has 9 heteroatoms. The average Bonchev–Trinajstić information content (AvgIpc) is 3.43. The van der Waals surface area contributed by atoms with Crippen LogP contribution in [0.3, 0.4) is 0 Å². The van der Waals surface area contributed by atoms with Crippen molar-refractivity contribution in [3.63, 3.8) is 0 Å². The van der Waals surface area contributed by atoms with Gasteiger partial charge < -0.3 is 9.84 Å². The molecule has 8 nitrogen and oxygen atoms in total. The minimum Gasteiger partial charge on any atom is -0.388 e. The third kappa shape index (κ3) is 6.09. The number of halogens is 1. The lowest BCUT2D eigenvalue weighted by molar-refractivity contribution is -0.0654. The predicted octanol–water partition coefficient (Wildman–Crippen LogP) is 5.38. The molecule has 0 aliphatic heterocycles. The first-order valence-electron chi connectivity index (χ1n) is 14.3. The van der Waals surface area contributed by atoms with Crippen molar-refractivity contribution < 1.29 is 14.2 Å². The van der Waals surface area contributed by atoms with Crippen LogP contribution in [0.15, 0.2) is 53.6 Å². The van der Waals surface area contributed by atoms with E-state index in [0.29, 0.717) is 40.0 Å². The van der Waals surface area contributed by atoms with Crippen LogP contribution in [0.4, 0.5) is 4.39 Å². The van der Waals surface area contributed by atoms with Gasteiger partial charge in [0.2, 0.25) is 5.78 Å². The second-order valence-corrected chi connectivity index (χ2v) is 11.5. The molecule has 2 aromatic carbocycles. The predicted molar refractivity (Wildman–Crippen MR) is 154 cm³/mol. The standard InChI is InChI=1S/C32H36FN5O3/c1-4-7-29-27(16-21-10-15-26(28(33)17-21)25-9-6-5-8-22(25)18-34)30(39)37(31-35-20-36-38(29)31)23-11-13-24(14-12-23)41-19-32(2,3)40/h5-6,8-10,15,17,20,23-24,40H,4,7,11-14,16,19H2,1-3H3. The number of aryl methyl sites for hydroxylation is 1. The molecule has 1 fully saturated rings. The summed E-state index contributed by atoms with van der Waals surface area (Å²) < 4.78 is 24.9. The van der Waals surface area contributed by atoms with Gasteiger partial charge in [0.05, 0.1) is 35.6 Å². The first-order valence-corrected chi connectivity index (χ1v) is 14.3. The highest BCUT2D eigenvalue weighted by Gasteiger charge is 2.29. The van der Waals surface area contributed by atoms with Gasteiger partial charge in [-0.3, -0.25) is 9.36 Å². The molecule has 0 amide bonds. The van der Waals surface area contributed by atoms with E-state index in [1.807, 2.05) is 13.0 Å². The second kappa shape index (κ2) is 11.9. The number of nitrogens with zero attached hydrogens (tertiary/aromatic N) is 5. The number of hydrogen-bond acceptors (Lipinski definition) is 6. The van der Waals surface area contributed by atoms with Crippen LogP contribution in [-0.2, 0) is 17.6 Å². The normalized spacial score (nSPS) is 17.6. The van der Waals surface area contributed by atoms with E-state index >= 15 is 4.39 Å². The van der Waals surface area contributed by atoms with E-state index in [9.17, 15) is 15.2 Å². The molecule has 0 unspecified atom stereocenters. The minimum atomic E-state index is -0.887. The number of aromatic nitrogens is 4. The van der Waals surface area contributed by atoms with Crippen LogP contribution in [0, 0.1) is 17.1 Å². The zero-order valence-corrected chi connectivity index (χ0v) is 23.8. The molecule has 0 atom stereocenters. The average molecular weight is 558 g/mol. The molecule has 0 spiro atoms. The summed E-state index contributed by atoms with van der Waals surface area (Å²) in [5, 5.41) is 24.0. The van der Waals surface area contributed by atoms with Crippen molar-refractivity contribution in [3.05, 3.63) is 87.3 Å². The molecule has 41 heavy (non-hydrogen) atoms. The Balaban J connectivity index is 1.48. The van der Waals surface area contributed by atoms with Crippen LogP contribution >= 0.6 is 0 Å². The molecule has 4 aromatic rings. The molecule has 1 aliphatic carbocycles. The van der Waals surface area contributed by atoms with Crippen LogP contribution in [0.5, 0.6) is 0 Å². The lowest BCUT2D eigenvalue weighted by atomic mass is 9.92. The summed E-state index contributed by atoms with van der Waals surface area (Å²) >= 11 is 0. The van der Waals surface area contributed by atoms with Crippen molar-refractivity contribution in [1.82, 2.24) is 19.2 Å². The Morgan fingerprint density at radius 3 is 2.59 bits per heavy atom. The van der Waals surface area contributed by atoms with Gasteiger partial charge in [0.25, 0.3) is 5.56 Å². The van der Waals surface area contributed by atoms with E-state index in [2.05, 4.69) is 16.2 Å². The van der Waals surface area contributed by atoms with Gasteiger partial charge in [-0.1, -0.05) is 43.7 Å². The third-order valence-electron chi connectivity index (χ3n) is 7.75. The van der Waals surface area contributed by atoms with Gasteiger partial charge in [-0.05, 0) is 63.6 Å². The summed E-state index contributed by atoms with van der Waals surface area (Å²) in [6.45, 7) is 5.77. The summed E-state index contributed by atoms with van der Waals surface area (Å²) in [5.41, 5.74) is 2.36. The Hall–Kier alpha value is -3.87. The lowest BCUT2D eigenvalue weighted by Crippen LogP contribution is -2.36. The molecule has 1 N–H and O–H groups in total. The maximum Gasteiger partial charge on any atom is 0.259 e. The summed E-state index contributed by atoms with van der Waals surface area (Å²) in [6.07, 6.45) is 6.26. The number of ether oxygens (including phenoxy) is 1. The highest BCUT2D eigenvalue weighted by Crippen LogP contribution is 2.32. The zero-order valence-electron chi connectivity index (χ0n) is 23.8. The second-order valence-electron chi connectivity index (χ2n) is 11.5. The summed E-state index contributed by atoms with van der Waals surface area (Å²) in [5.74, 6) is 0.0893. The van der Waals surface area contributed by atoms with E-state index in [1.54, 1.807) is 53.3 Å². The molecule has 214 valence electrons. The van der Waals surface area contributed by atoms with Crippen molar-refractivity contribution in [2.75, 3.05) is 6.61 Å². The molecular formula is C32H36FN5O3. The first-order chi connectivity index (χ1) is 19.7. The number of benzene rings is 2. The van der Waals surface area contributed by atoms with Crippen LogP contribution in [0.2, 0.25) is 0 Å². The molecule has 1 saturated carbocycles. The highest BCUT2D eigenvalue weighted by molar-refractivity contribution is 5.71. The quantitative estimate of drug-likeness (QED) is 0.296. The number of aliphatic hydroxyl groups is 1. The largest absolute Gasteiger partial charge is 0.388 e. The summed E-state index contributed by atoms with van der Waals surface area (Å²) in [6, 6.07) is 14.0. The number of hydrogen-bond donors (Lipinski definition) is 1. The van der Waals surface area contributed by atoms with E-state index in [-0.39, 0.29) is 30.7 Å². The van der Waals surface area contributed by atoms with E-state index in [4.69, 9.17) is 4.74 Å². The topological polar surface area (TPSA) is 105 Å². The fraction of sp³-hybridized carbons (Fsp3) is 0.438. The van der Waals surface area contributed by atoms with Crippen molar-refractivity contribution in [2.24, 2.45) is 0 Å².